The molecule has 0 amide bonds. The molecule has 0 spiro atoms. The Labute approximate surface area is 117 Å². The molecule has 0 bridgehead atoms. The van der Waals surface area contributed by atoms with Crippen LogP contribution in [-0.4, -0.2) is 24.7 Å². The molecule has 0 aliphatic carbocycles. The smallest absolute Gasteiger partial charge is 0.0901 e. The summed E-state index contributed by atoms with van der Waals surface area (Å²) in [6.45, 7) is 6.94. The fourth-order valence-electron chi connectivity index (χ4n) is 2.15. The first-order valence-electron chi connectivity index (χ1n) is 6.49. The normalized spacial score (nSPS) is 16.9. The van der Waals surface area contributed by atoms with Gasteiger partial charge in [0, 0.05) is 28.6 Å². The van der Waals surface area contributed by atoms with Crippen molar-refractivity contribution in [3.05, 3.63) is 34.7 Å². The third kappa shape index (κ3) is 2.80. The van der Waals surface area contributed by atoms with Gasteiger partial charge >= 0.3 is 0 Å². The fourth-order valence-corrected chi connectivity index (χ4v) is 2.77. The molecule has 2 aromatic rings. The number of benzene rings is 1. The van der Waals surface area contributed by atoms with Crippen molar-refractivity contribution in [2.75, 3.05) is 25.1 Å². The van der Waals surface area contributed by atoms with Crippen molar-refractivity contribution in [1.82, 2.24) is 4.98 Å². The molecular formula is C15H18N2OS. The third-order valence-electron chi connectivity index (χ3n) is 3.40. The Morgan fingerprint density at radius 1 is 1.42 bits per heavy atom. The topological polar surface area (TPSA) is 34.2 Å². The van der Waals surface area contributed by atoms with E-state index in [1.165, 1.54) is 5.56 Å². The van der Waals surface area contributed by atoms with Gasteiger partial charge < -0.3 is 10.1 Å². The average molecular weight is 274 g/mol. The van der Waals surface area contributed by atoms with Crippen molar-refractivity contribution in [2.45, 2.75) is 13.8 Å². The molecule has 1 aliphatic rings. The Bertz CT molecular complexity index is 575. The molecule has 1 N–H and O–H groups in total. The molecule has 19 heavy (non-hydrogen) atoms. The zero-order valence-electron chi connectivity index (χ0n) is 11.3. The molecule has 3 nitrogen and oxygen atoms in total. The number of hydrogen-bond donors (Lipinski definition) is 1. The van der Waals surface area contributed by atoms with Crippen LogP contribution in [0.15, 0.2) is 29.6 Å². The second-order valence-corrected chi connectivity index (χ2v) is 6.55. The molecule has 3 rings (SSSR count). The summed E-state index contributed by atoms with van der Waals surface area (Å²) in [7, 11) is 0. The first-order valence-corrected chi connectivity index (χ1v) is 7.37. The van der Waals surface area contributed by atoms with Crippen molar-refractivity contribution >= 4 is 17.0 Å². The highest BCUT2D eigenvalue weighted by Crippen LogP contribution is 2.28. The van der Waals surface area contributed by atoms with E-state index in [1.54, 1.807) is 11.3 Å². The monoisotopic (exact) mass is 274 g/mol. The van der Waals surface area contributed by atoms with Gasteiger partial charge in [-0.1, -0.05) is 19.1 Å². The van der Waals surface area contributed by atoms with Gasteiger partial charge in [-0.2, -0.15) is 0 Å². The first kappa shape index (κ1) is 12.6. The number of rotatable bonds is 4. The number of ether oxygens (including phenoxy) is 1. The molecule has 1 aromatic carbocycles. The van der Waals surface area contributed by atoms with E-state index in [2.05, 4.69) is 46.9 Å². The molecule has 1 fully saturated rings. The Morgan fingerprint density at radius 2 is 2.26 bits per heavy atom. The fraction of sp³-hybridized carbons (Fsp3) is 0.400. The van der Waals surface area contributed by atoms with Crippen molar-refractivity contribution in [3.63, 3.8) is 0 Å². The van der Waals surface area contributed by atoms with Gasteiger partial charge in [0.25, 0.3) is 0 Å². The van der Waals surface area contributed by atoms with Crippen molar-refractivity contribution in [1.29, 1.82) is 0 Å². The largest absolute Gasteiger partial charge is 0.384 e. The third-order valence-corrected chi connectivity index (χ3v) is 4.17. The Morgan fingerprint density at radius 3 is 2.89 bits per heavy atom. The van der Waals surface area contributed by atoms with E-state index in [0.717, 1.165) is 36.1 Å². The summed E-state index contributed by atoms with van der Waals surface area (Å²) in [6, 6.07) is 8.45. The highest BCUT2D eigenvalue weighted by molar-refractivity contribution is 7.09. The Kier molecular flexibility index (Phi) is 3.29. The molecule has 0 atom stereocenters. The van der Waals surface area contributed by atoms with Crippen molar-refractivity contribution in [3.8, 4) is 11.3 Å². The highest BCUT2D eigenvalue weighted by Gasteiger charge is 2.32. The summed E-state index contributed by atoms with van der Waals surface area (Å²) in [4.78, 5) is 4.53. The summed E-state index contributed by atoms with van der Waals surface area (Å²) in [5.74, 6) is 0. The van der Waals surface area contributed by atoms with Crippen LogP contribution >= 0.6 is 11.3 Å². The molecule has 4 heteroatoms. The van der Waals surface area contributed by atoms with E-state index >= 15 is 0 Å². The molecule has 1 saturated heterocycles. The van der Waals surface area contributed by atoms with Gasteiger partial charge in [-0.25, -0.2) is 4.98 Å². The Hall–Kier alpha value is -1.39. The summed E-state index contributed by atoms with van der Waals surface area (Å²) in [5.41, 5.74) is 3.66. The van der Waals surface area contributed by atoms with E-state index < -0.39 is 0 Å². The quantitative estimate of drug-likeness (QED) is 0.925. The number of nitrogens with zero attached hydrogens (tertiary/aromatic N) is 1. The van der Waals surface area contributed by atoms with Gasteiger partial charge in [0.05, 0.1) is 23.9 Å². The van der Waals surface area contributed by atoms with Crippen LogP contribution in [0.4, 0.5) is 5.69 Å². The summed E-state index contributed by atoms with van der Waals surface area (Å²) >= 11 is 1.69. The molecular weight excluding hydrogens is 256 g/mol. The summed E-state index contributed by atoms with van der Waals surface area (Å²) in [5, 5.41) is 6.71. The molecule has 0 saturated carbocycles. The second kappa shape index (κ2) is 4.94. The van der Waals surface area contributed by atoms with Crippen LogP contribution in [-0.2, 0) is 4.74 Å². The number of hydrogen-bond acceptors (Lipinski definition) is 4. The van der Waals surface area contributed by atoms with E-state index in [4.69, 9.17) is 4.74 Å². The van der Waals surface area contributed by atoms with Crippen LogP contribution in [0.3, 0.4) is 0 Å². The molecule has 2 heterocycles. The minimum atomic E-state index is 0.285. The van der Waals surface area contributed by atoms with Crippen LogP contribution in [0.25, 0.3) is 11.3 Å². The van der Waals surface area contributed by atoms with Gasteiger partial charge in [-0.05, 0) is 19.1 Å². The molecule has 0 radical (unpaired) electrons. The predicted molar refractivity (Wildman–Crippen MR) is 79.7 cm³/mol. The highest BCUT2D eigenvalue weighted by atomic mass is 32.1. The van der Waals surface area contributed by atoms with E-state index in [0.29, 0.717) is 0 Å². The maximum atomic E-state index is 5.27. The van der Waals surface area contributed by atoms with Gasteiger partial charge in [0.2, 0.25) is 0 Å². The number of aromatic nitrogens is 1. The van der Waals surface area contributed by atoms with Gasteiger partial charge in [-0.15, -0.1) is 11.3 Å². The van der Waals surface area contributed by atoms with Crippen LogP contribution in [0.1, 0.15) is 11.9 Å². The number of aryl methyl sites for hydroxylation is 1. The lowest BCUT2D eigenvalue weighted by atomic mass is 9.88. The van der Waals surface area contributed by atoms with Crippen LogP contribution in [0.2, 0.25) is 0 Å². The minimum Gasteiger partial charge on any atom is -0.384 e. The molecule has 0 unspecified atom stereocenters. The number of thiazole rings is 1. The van der Waals surface area contributed by atoms with Crippen molar-refractivity contribution in [2.24, 2.45) is 5.41 Å². The van der Waals surface area contributed by atoms with Crippen molar-refractivity contribution < 1.29 is 4.74 Å². The Balaban J connectivity index is 1.72. The first-order chi connectivity index (χ1) is 9.15. The van der Waals surface area contributed by atoms with E-state index in [-0.39, 0.29) is 5.41 Å². The number of anilines is 1. The standard InChI is InChI=1S/C15H18N2OS/c1-11-17-14(7-19-11)12-4-3-5-13(6-12)16-8-15(2)9-18-10-15/h3-7,16H,8-10H2,1-2H3. The van der Waals surface area contributed by atoms with Crippen LogP contribution < -0.4 is 5.32 Å². The van der Waals surface area contributed by atoms with Crippen LogP contribution in [0.5, 0.6) is 0 Å². The zero-order chi connectivity index (χ0) is 13.3. The summed E-state index contributed by atoms with van der Waals surface area (Å²) < 4.78 is 5.27. The lowest BCUT2D eigenvalue weighted by Gasteiger charge is -2.38. The lowest BCUT2D eigenvalue weighted by Crippen LogP contribution is -2.45. The van der Waals surface area contributed by atoms with E-state index in [9.17, 15) is 0 Å². The zero-order valence-corrected chi connectivity index (χ0v) is 12.1. The average Bonchev–Trinajstić information content (AvgIpc) is 2.81. The predicted octanol–water partition coefficient (Wildman–Crippen LogP) is 3.57. The van der Waals surface area contributed by atoms with Gasteiger partial charge in [-0.3, -0.25) is 0 Å². The molecule has 1 aliphatic heterocycles. The maximum absolute atomic E-state index is 5.27. The molecule has 1 aromatic heterocycles. The van der Waals surface area contributed by atoms with Crippen LogP contribution in [0, 0.1) is 12.3 Å². The van der Waals surface area contributed by atoms with Gasteiger partial charge in [0.15, 0.2) is 0 Å². The number of nitrogens with one attached hydrogen (secondary N) is 1. The SMILES string of the molecule is Cc1nc(-c2cccc(NCC3(C)COC3)c2)cs1. The maximum Gasteiger partial charge on any atom is 0.0901 e. The second-order valence-electron chi connectivity index (χ2n) is 5.49. The summed E-state index contributed by atoms with van der Waals surface area (Å²) in [6.07, 6.45) is 0. The van der Waals surface area contributed by atoms with Gasteiger partial charge in [0.1, 0.15) is 0 Å². The van der Waals surface area contributed by atoms with E-state index in [1.807, 2.05) is 6.92 Å². The minimum absolute atomic E-state index is 0.285. The molecule has 100 valence electrons. The lowest BCUT2D eigenvalue weighted by molar-refractivity contribution is -0.0924.